The maximum atomic E-state index is 11.9. The van der Waals surface area contributed by atoms with E-state index in [2.05, 4.69) is 27.7 Å². The molecule has 0 bridgehead atoms. The first-order valence-electron chi connectivity index (χ1n) is 5.80. The van der Waals surface area contributed by atoms with Crippen molar-refractivity contribution in [3.63, 3.8) is 0 Å². The van der Waals surface area contributed by atoms with Crippen LogP contribution in [0.1, 0.15) is 41.0 Å². The number of rotatable bonds is 6. The van der Waals surface area contributed by atoms with Crippen molar-refractivity contribution >= 4 is 5.91 Å². The number of hydrogen-bond acceptors (Lipinski definition) is 2. The van der Waals surface area contributed by atoms with Crippen LogP contribution in [0.15, 0.2) is 0 Å². The van der Waals surface area contributed by atoms with Crippen LogP contribution in [0.2, 0.25) is 0 Å². The molecule has 0 heterocycles. The summed E-state index contributed by atoms with van der Waals surface area (Å²) >= 11 is 0. The molecule has 0 atom stereocenters. The standard InChI is InChI=1S/C12H26N2O/c1-6-14(9-12(4,5)8-13)11(15)7-10(2)3/h10H,6-9,13H2,1-5H3. The summed E-state index contributed by atoms with van der Waals surface area (Å²) in [6, 6.07) is 0. The Morgan fingerprint density at radius 1 is 1.40 bits per heavy atom. The molecule has 2 N–H and O–H groups in total. The average molecular weight is 214 g/mol. The minimum atomic E-state index is 0.0165. The highest BCUT2D eigenvalue weighted by molar-refractivity contribution is 5.76. The second kappa shape index (κ2) is 6.11. The van der Waals surface area contributed by atoms with E-state index in [1.807, 2.05) is 11.8 Å². The highest BCUT2D eigenvalue weighted by Crippen LogP contribution is 2.16. The minimum Gasteiger partial charge on any atom is -0.342 e. The predicted octanol–water partition coefficient (Wildman–Crippen LogP) is 1.87. The van der Waals surface area contributed by atoms with Crippen molar-refractivity contribution in [3.8, 4) is 0 Å². The molecule has 1 amide bonds. The number of carbonyl (C=O) groups is 1. The Bertz CT molecular complexity index is 200. The summed E-state index contributed by atoms with van der Waals surface area (Å²) in [4.78, 5) is 13.8. The van der Waals surface area contributed by atoms with Gasteiger partial charge in [0.2, 0.25) is 5.91 Å². The van der Waals surface area contributed by atoms with Crippen LogP contribution in [-0.2, 0) is 4.79 Å². The lowest BCUT2D eigenvalue weighted by Gasteiger charge is -2.31. The molecule has 0 unspecified atom stereocenters. The highest BCUT2D eigenvalue weighted by Gasteiger charge is 2.22. The normalized spacial score (nSPS) is 11.9. The third-order valence-electron chi connectivity index (χ3n) is 2.49. The Morgan fingerprint density at radius 2 is 1.93 bits per heavy atom. The van der Waals surface area contributed by atoms with Crippen LogP contribution >= 0.6 is 0 Å². The molecule has 15 heavy (non-hydrogen) atoms. The van der Waals surface area contributed by atoms with Crippen LogP contribution in [0.4, 0.5) is 0 Å². The van der Waals surface area contributed by atoms with Gasteiger partial charge in [-0.3, -0.25) is 4.79 Å². The van der Waals surface area contributed by atoms with Gasteiger partial charge in [0.05, 0.1) is 0 Å². The van der Waals surface area contributed by atoms with E-state index >= 15 is 0 Å². The molecule has 0 fully saturated rings. The van der Waals surface area contributed by atoms with E-state index in [1.54, 1.807) is 0 Å². The Labute approximate surface area is 94.0 Å². The summed E-state index contributed by atoms with van der Waals surface area (Å²) in [5, 5.41) is 0. The smallest absolute Gasteiger partial charge is 0.222 e. The highest BCUT2D eigenvalue weighted by atomic mass is 16.2. The van der Waals surface area contributed by atoms with Gasteiger partial charge in [0.15, 0.2) is 0 Å². The molecule has 0 aromatic rings. The van der Waals surface area contributed by atoms with Gasteiger partial charge in [-0.15, -0.1) is 0 Å². The summed E-state index contributed by atoms with van der Waals surface area (Å²) in [5.74, 6) is 0.668. The molecule has 0 saturated carbocycles. The van der Waals surface area contributed by atoms with Gasteiger partial charge in [-0.2, -0.15) is 0 Å². The first kappa shape index (κ1) is 14.4. The van der Waals surface area contributed by atoms with Gasteiger partial charge in [0.25, 0.3) is 0 Å². The molecule has 90 valence electrons. The number of carbonyl (C=O) groups excluding carboxylic acids is 1. The third kappa shape index (κ3) is 5.78. The fourth-order valence-electron chi connectivity index (χ4n) is 1.44. The molecule has 0 aromatic heterocycles. The van der Waals surface area contributed by atoms with E-state index in [0.717, 1.165) is 13.1 Å². The maximum Gasteiger partial charge on any atom is 0.222 e. The van der Waals surface area contributed by atoms with Crippen molar-refractivity contribution in [2.45, 2.75) is 41.0 Å². The molecule has 0 aliphatic rings. The number of amides is 1. The lowest BCUT2D eigenvalue weighted by molar-refractivity contribution is -0.133. The zero-order chi connectivity index (χ0) is 12.1. The van der Waals surface area contributed by atoms with Crippen LogP contribution in [0.5, 0.6) is 0 Å². The SMILES string of the molecule is CCN(CC(C)(C)CN)C(=O)CC(C)C. The van der Waals surface area contributed by atoms with Crippen molar-refractivity contribution < 1.29 is 4.79 Å². The second-order valence-electron chi connectivity index (χ2n) is 5.37. The molecule has 0 aliphatic heterocycles. The number of hydrogen-bond donors (Lipinski definition) is 1. The summed E-state index contributed by atoms with van der Waals surface area (Å²) in [6.07, 6.45) is 0.633. The average Bonchev–Trinajstić information content (AvgIpc) is 2.13. The van der Waals surface area contributed by atoms with Crippen LogP contribution in [-0.4, -0.2) is 30.4 Å². The lowest BCUT2D eigenvalue weighted by atomic mass is 9.92. The Morgan fingerprint density at radius 3 is 2.27 bits per heavy atom. The third-order valence-corrected chi connectivity index (χ3v) is 2.49. The fraction of sp³-hybridized carbons (Fsp3) is 0.917. The van der Waals surface area contributed by atoms with Gasteiger partial charge in [-0.25, -0.2) is 0 Å². The largest absolute Gasteiger partial charge is 0.342 e. The zero-order valence-corrected chi connectivity index (χ0v) is 10.8. The summed E-state index contributed by atoms with van der Waals surface area (Å²) in [6.45, 7) is 12.5. The van der Waals surface area contributed by atoms with Crippen molar-refractivity contribution in [1.29, 1.82) is 0 Å². The molecule has 3 heteroatoms. The Hall–Kier alpha value is -0.570. The molecule has 3 nitrogen and oxygen atoms in total. The quantitative estimate of drug-likeness (QED) is 0.733. The summed E-state index contributed by atoms with van der Waals surface area (Å²) in [7, 11) is 0. The van der Waals surface area contributed by atoms with Crippen LogP contribution < -0.4 is 5.73 Å². The monoisotopic (exact) mass is 214 g/mol. The zero-order valence-electron chi connectivity index (χ0n) is 10.8. The minimum absolute atomic E-state index is 0.0165. The predicted molar refractivity (Wildman–Crippen MR) is 64.5 cm³/mol. The molecule has 0 aromatic carbocycles. The van der Waals surface area contributed by atoms with Gasteiger partial charge in [-0.05, 0) is 24.8 Å². The molecular weight excluding hydrogens is 188 g/mol. The van der Waals surface area contributed by atoms with Gasteiger partial charge in [-0.1, -0.05) is 27.7 Å². The second-order valence-corrected chi connectivity index (χ2v) is 5.37. The van der Waals surface area contributed by atoms with Gasteiger partial charge in [0, 0.05) is 19.5 Å². The van der Waals surface area contributed by atoms with Crippen LogP contribution in [0.3, 0.4) is 0 Å². The molecule has 0 aliphatic carbocycles. The van der Waals surface area contributed by atoms with Crippen LogP contribution in [0, 0.1) is 11.3 Å². The number of nitrogens with zero attached hydrogens (tertiary/aromatic N) is 1. The van der Waals surface area contributed by atoms with E-state index < -0.39 is 0 Å². The topological polar surface area (TPSA) is 46.3 Å². The Kier molecular flexibility index (Phi) is 5.88. The van der Waals surface area contributed by atoms with Crippen molar-refractivity contribution in [2.75, 3.05) is 19.6 Å². The molecular formula is C12H26N2O. The van der Waals surface area contributed by atoms with Gasteiger partial charge < -0.3 is 10.6 Å². The van der Waals surface area contributed by atoms with Crippen molar-refractivity contribution in [3.05, 3.63) is 0 Å². The van der Waals surface area contributed by atoms with Crippen molar-refractivity contribution in [2.24, 2.45) is 17.1 Å². The molecule has 0 saturated heterocycles. The first-order chi connectivity index (χ1) is 6.82. The van der Waals surface area contributed by atoms with E-state index in [9.17, 15) is 4.79 Å². The van der Waals surface area contributed by atoms with Crippen LogP contribution in [0.25, 0.3) is 0 Å². The Balaban J connectivity index is 4.30. The van der Waals surface area contributed by atoms with Crippen molar-refractivity contribution in [1.82, 2.24) is 4.90 Å². The van der Waals surface area contributed by atoms with E-state index in [0.29, 0.717) is 18.9 Å². The molecule has 0 rings (SSSR count). The van der Waals surface area contributed by atoms with Gasteiger partial charge >= 0.3 is 0 Å². The van der Waals surface area contributed by atoms with E-state index in [-0.39, 0.29) is 11.3 Å². The van der Waals surface area contributed by atoms with E-state index in [1.165, 1.54) is 0 Å². The maximum absolute atomic E-state index is 11.9. The number of nitrogens with two attached hydrogens (primary N) is 1. The van der Waals surface area contributed by atoms with E-state index in [4.69, 9.17) is 5.73 Å². The first-order valence-corrected chi connectivity index (χ1v) is 5.80. The molecule has 0 radical (unpaired) electrons. The summed E-state index contributed by atoms with van der Waals surface area (Å²) in [5.41, 5.74) is 5.69. The summed E-state index contributed by atoms with van der Waals surface area (Å²) < 4.78 is 0. The lowest BCUT2D eigenvalue weighted by Crippen LogP contribution is -2.42. The fourth-order valence-corrected chi connectivity index (χ4v) is 1.44. The molecule has 0 spiro atoms. The van der Waals surface area contributed by atoms with Gasteiger partial charge in [0.1, 0.15) is 0 Å².